The van der Waals surface area contributed by atoms with Crippen LogP contribution in [0.5, 0.6) is 0 Å². The van der Waals surface area contributed by atoms with Crippen molar-refractivity contribution in [2.75, 3.05) is 0 Å². The molecule has 20 heavy (non-hydrogen) atoms. The van der Waals surface area contributed by atoms with Crippen molar-refractivity contribution >= 4 is 34.0 Å². The largest absolute Gasteiger partial charge is 0.321 e. The first-order valence-corrected chi connectivity index (χ1v) is 7.53. The van der Waals surface area contributed by atoms with Crippen LogP contribution in [0.2, 0.25) is 5.02 Å². The zero-order valence-electron chi connectivity index (χ0n) is 11.1. The molecule has 5 heteroatoms. The minimum absolute atomic E-state index is 0.265. The molecule has 0 aliphatic rings. The second kappa shape index (κ2) is 4.93. The van der Waals surface area contributed by atoms with Crippen LogP contribution < -0.4 is 0 Å². The van der Waals surface area contributed by atoms with Gasteiger partial charge in [0, 0.05) is 6.04 Å². The van der Waals surface area contributed by atoms with Crippen LogP contribution in [0.15, 0.2) is 29.6 Å². The van der Waals surface area contributed by atoms with Crippen LogP contribution in [0, 0.1) is 11.3 Å². The summed E-state index contributed by atoms with van der Waals surface area (Å²) in [5.41, 5.74) is 2.48. The van der Waals surface area contributed by atoms with Crippen molar-refractivity contribution in [2.24, 2.45) is 0 Å². The van der Waals surface area contributed by atoms with E-state index >= 15 is 0 Å². The zero-order chi connectivity index (χ0) is 14.3. The third-order valence-corrected chi connectivity index (χ3v) is 4.49. The molecule has 0 atom stereocenters. The van der Waals surface area contributed by atoms with E-state index in [1.165, 1.54) is 0 Å². The van der Waals surface area contributed by atoms with Crippen LogP contribution in [-0.2, 0) is 0 Å². The van der Waals surface area contributed by atoms with Gasteiger partial charge in [-0.3, -0.25) is 0 Å². The van der Waals surface area contributed by atoms with E-state index < -0.39 is 0 Å². The van der Waals surface area contributed by atoms with Crippen molar-refractivity contribution in [2.45, 2.75) is 19.9 Å². The maximum absolute atomic E-state index is 9.01. The molecule has 0 bridgehead atoms. The van der Waals surface area contributed by atoms with E-state index in [-0.39, 0.29) is 6.04 Å². The molecule has 0 N–H and O–H groups in total. The van der Waals surface area contributed by atoms with Crippen molar-refractivity contribution < 1.29 is 0 Å². The summed E-state index contributed by atoms with van der Waals surface area (Å²) in [5.74, 6) is 0.866. The standard InChI is InChI=1S/C15H12ClN3S/c1-9(2)19-13-4-3-10(8-17)7-12(13)18-15(19)14-11(16)5-6-20-14/h3-7,9H,1-2H3. The Hall–Kier alpha value is -1.83. The molecule has 0 saturated carbocycles. The van der Waals surface area contributed by atoms with Crippen molar-refractivity contribution in [1.82, 2.24) is 9.55 Å². The van der Waals surface area contributed by atoms with Gasteiger partial charge in [-0.25, -0.2) is 4.98 Å². The predicted octanol–water partition coefficient (Wildman–Crippen LogP) is 4.87. The van der Waals surface area contributed by atoms with Gasteiger partial charge in [-0.15, -0.1) is 11.3 Å². The van der Waals surface area contributed by atoms with Gasteiger partial charge in [0.2, 0.25) is 0 Å². The number of nitrogens with zero attached hydrogens (tertiary/aromatic N) is 3. The fourth-order valence-corrected chi connectivity index (χ4v) is 3.43. The lowest BCUT2D eigenvalue weighted by molar-refractivity contribution is 0.625. The molecule has 2 heterocycles. The Morgan fingerprint density at radius 2 is 2.15 bits per heavy atom. The van der Waals surface area contributed by atoms with Gasteiger partial charge in [-0.05, 0) is 43.5 Å². The third kappa shape index (κ3) is 2.00. The number of hydrogen-bond donors (Lipinski definition) is 0. The first-order valence-electron chi connectivity index (χ1n) is 6.27. The molecule has 3 rings (SSSR count). The molecule has 100 valence electrons. The minimum atomic E-state index is 0.265. The first kappa shape index (κ1) is 13.2. The van der Waals surface area contributed by atoms with Crippen molar-refractivity contribution in [3.8, 4) is 16.8 Å². The van der Waals surface area contributed by atoms with Gasteiger partial charge in [-0.2, -0.15) is 5.26 Å². The van der Waals surface area contributed by atoms with Gasteiger partial charge < -0.3 is 4.57 Å². The van der Waals surface area contributed by atoms with E-state index in [9.17, 15) is 0 Å². The lowest BCUT2D eigenvalue weighted by Crippen LogP contribution is -2.02. The topological polar surface area (TPSA) is 41.6 Å². The second-order valence-corrected chi connectivity index (χ2v) is 6.14. The maximum Gasteiger partial charge on any atom is 0.153 e. The highest BCUT2D eigenvalue weighted by molar-refractivity contribution is 7.14. The van der Waals surface area contributed by atoms with Crippen LogP contribution in [0.1, 0.15) is 25.5 Å². The van der Waals surface area contributed by atoms with Crippen LogP contribution in [0.4, 0.5) is 0 Å². The number of aromatic nitrogens is 2. The Morgan fingerprint density at radius 3 is 2.75 bits per heavy atom. The summed E-state index contributed by atoms with van der Waals surface area (Å²) >= 11 is 7.82. The van der Waals surface area contributed by atoms with Gasteiger partial charge in [0.05, 0.1) is 32.6 Å². The van der Waals surface area contributed by atoms with E-state index in [0.29, 0.717) is 10.6 Å². The van der Waals surface area contributed by atoms with Crippen molar-refractivity contribution in [3.05, 3.63) is 40.2 Å². The van der Waals surface area contributed by atoms with Crippen LogP contribution in [0.3, 0.4) is 0 Å². The van der Waals surface area contributed by atoms with Gasteiger partial charge in [0.1, 0.15) is 0 Å². The highest BCUT2D eigenvalue weighted by Gasteiger charge is 2.18. The summed E-state index contributed by atoms with van der Waals surface area (Å²) in [7, 11) is 0. The molecule has 0 aliphatic heterocycles. The number of halogens is 1. The predicted molar refractivity (Wildman–Crippen MR) is 83.2 cm³/mol. The molecule has 0 saturated heterocycles. The van der Waals surface area contributed by atoms with E-state index in [4.69, 9.17) is 16.9 Å². The fourth-order valence-electron chi connectivity index (χ4n) is 2.30. The lowest BCUT2D eigenvalue weighted by Gasteiger charge is -2.12. The summed E-state index contributed by atoms with van der Waals surface area (Å²) in [6.45, 7) is 4.23. The number of fused-ring (bicyclic) bond motifs is 1. The molecule has 3 aromatic rings. The van der Waals surface area contributed by atoms with E-state index in [2.05, 4.69) is 29.5 Å². The molecule has 0 unspecified atom stereocenters. The highest BCUT2D eigenvalue weighted by atomic mass is 35.5. The van der Waals surface area contributed by atoms with Crippen LogP contribution >= 0.6 is 22.9 Å². The maximum atomic E-state index is 9.01. The average Bonchev–Trinajstić information content (AvgIpc) is 3.00. The molecule has 0 amide bonds. The number of imidazole rings is 1. The molecular weight excluding hydrogens is 290 g/mol. The van der Waals surface area contributed by atoms with Crippen molar-refractivity contribution in [1.29, 1.82) is 5.26 Å². The molecule has 0 fully saturated rings. The Balaban J connectivity index is 2.34. The molecule has 0 spiro atoms. The SMILES string of the molecule is CC(C)n1c(-c2sccc2Cl)nc2cc(C#N)ccc21. The fraction of sp³-hybridized carbons (Fsp3) is 0.200. The molecule has 2 aromatic heterocycles. The van der Waals surface area contributed by atoms with Gasteiger partial charge in [0.15, 0.2) is 5.82 Å². The number of nitriles is 1. The summed E-state index contributed by atoms with van der Waals surface area (Å²) in [6, 6.07) is 9.89. The van der Waals surface area contributed by atoms with Crippen LogP contribution in [-0.4, -0.2) is 9.55 Å². The number of thiophene rings is 1. The van der Waals surface area contributed by atoms with Gasteiger partial charge in [0.25, 0.3) is 0 Å². The lowest BCUT2D eigenvalue weighted by atomic mass is 10.2. The minimum Gasteiger partial charge on any atom is -0.321 e. The number of rotatable bonds is 2. The quantitative estimate of drug-likeness (QED) is 0.677. The Bertz CT molecular complexity index is 823. The molecule has 1 aromatic carbocycles. The summed E-state index contributed by atoms with van der Waals surface area (Å²) in [5, 5.41) is 11.7. The summed E-state index contributed by atoms with van der Waals surface area (Å²) < 4.78 is 2.16. The van der Waals surface area contributed by atoms with Gasteiger partial charge in [-0.1, -0.05) is 11.6 Å². The average molecular weight is 302 g/mol. The highest BCUT2D eigenvalue weighted by Crippen LogP contribution is 2.36. The molecule has 0 aliphatic carbocycles. The third-order valence-electron chi connectivity index (χ3n) is 3.16. The Labute approximate surface area is 126 Å². The number of hydrogen-bond acceptors (Lipinski definition) is 3. The second-order valence-electron chi connectivity index (χ2n) is 4.81. The smallest absolute Gasteiger partial charge is 0.153 e. The zero-order valence-corrected chi connectivity index (χ0v) is 12.7. The molecular formula is C15H12ClN3S. The monoisotopic (exact) mass is 301 g/mol. The van der Waals surface area contributed by atoms with Crippen molar-refractivity contribution in [3.63, 3.8) is 0 Å². The summed E-state index contributed by atoms with van der Waals surface area (Å²) in [6.07, 6.45) is 0. The van der Waals surface area contributed by atoms with Crippen LogP contribution in [0.25, 0.3) is 21.7 Å². The van der Waals surface area contributed by atoms with E-state index in [0.717, 1.165) is 21.7 Å². The van der Waals surface area contributed by atoms with E-state index in [1.54, 1.807) is 11.3 Å². The van der Waals surface area contributed by atoms with E-state index in [1.807, 2.05) is 29.6 Å². The Morgan fingerprint density at radius 1 is 1.35 bits per heavy atom. The normalized spacial score (nSPS) is 11.2. The Kier molecular flexibility index (Phi) is 3.25. The number of benzene rings is 1. The molecule has 3 nitrogen and oxygen atoms in total. The first-order chi connectivity index (χ1) is 9.61. The van der Waals surface area contributed by atoms with Gasteiger partial charge >= 0.3 is 0 Å². The molecule has 0 radical (unpaired) electrons. The summed E-state index contributed by atoms with van der Waals surface area (Å²) in [4.78, 5) is 5.65.